The fraction of sp³-hybridized carbons (Fsp3) is 0.462. The molecular formula is C52H60Cl2Zr-2. The molecule has 0 amide bonds. The number of hydrogen-bond donors (Lipinski definition) is 0. The third-order valence-electron chi connectivity index (χ3n) is 14.0. The van der Waals surface area contributed by atoms with E-state index >= 15 is 0 Å². The SMILES string of the molecule is CC1=[C-]C(C)(C)c2cc3c(cc21)-c1cc2c(cc1C3)C(C)(C)C=C2C.C[C](=[Zr+2])c1ccc(C)cc1.Cc1cc(CC23CC4CC(CC(C4)C2)C3)c(C)[cH-]1.[Cl-].[Cl-]. The molecule has 0 heterocycles. The van der Waals surface area contributed by atoms with E-state index in [0.717, 1.165) is 24.2 Å². The van der Waals surface area contributed by atoms with E-state index in [1.807, 2.05) is 0 Å². The second-order valence-corrected chi connectivity index (χ2v) is 21.4. The molecule has 3 heteroatoms. The standard InChI is InChI=1S/C25H25.C18H25.C9H10.2ClH.Zr/c1-14-12-24(3,4)22-8-16-7-17-9-23-19(15(2)13-25(23,5)6)11-21(17)20(16)10-18(14)22;1-12-3-13(2)17(4-12)11-18-8-14-5-15(9-18)7-16(6-14)10-18;1-3-9-6-4-8(2)5-7-9;;;/h8-12H,7H2,1-6H3;3-4,14-16H,5-11H2,1-2H3;4-7H,1-2H3;2*1H;/q2*-1;;;;+2/p-2. The van der Waals surface area contributed by atoms with Crippen LogP contribution in [0.1, 0.15) is 148 Å². The summed E-state index contributed by atoms with van der Waals surface area (Å²) in [7, 11) is 0. The van der Waals surface area contributed by atoms with Crippen molar-refractivity contribution < 1.29 is 49.0 Å². The number of hydrogen-bond acceptors (Lipinski definition) is 0. The molecule has 0 spiro atoms. The maximum atomic E-state index is 3.65. The summed E-state index contributed by atoms with van der Waals surface area (Å²) < 4.78 is 1.46. The molecule has 4 aromatic rings. The van der Waals surface area contributed by atoms with Gasteiger partial charge in [-0.3, -0.25) is 6.08 Å². The summed E-state index contributed by atoms with van der Waals surface area (Å²) in [5, 5.41) is 0. The van der Waals surface area contributed by atoms with Gasteiger partial charge in [0.25, 0.3) is 0 Å². The van der Waals surface area contributed by atoms with Crippen molar-refractivity contribution >= 4 is 14.4 Å². The fourth-order valence-corrected chi connectivity index (χ4v) is 12.5. The molecule has 0 nitrogen and oxygen atoms in total. The van der Waals surface area contributed by atoms with Crippen LogP contribution in [0, 0.1) is 50.0 Å². The monoisotopic (exact) mass is 844 g/mol. The molecule has 288 valence electrons. The third-order valence-corrected chi connectivity index (χ3v) is 14.7. The van der Waals surface area contributed by atoms with E-state index in [1.54, 1.807) is 49.7 Å². The zero-order chi connectivity index (χ0) is 37.6. The van der Waals surface area contributed by atoms with Gasteiger partial charge >= 0.3 is 76.7 Å². The topological polar surface area (TPSA) is 0 Å². The van der Waals surface area contributed by atoms with Crippen molar-refractivity contribution in [2.75, 3.05) is 0 Å². The van der Waals surface area contributed by atoms with Crippen molar-refractivity contribution in [1.82, 2.24) is 0 Å². The Morgan fingerprint density at radius 3 is 1.80 bits per heavy atom. The molecule has 55 heavy (non-hydrogen) atoms. The van der Waals surface area contributed by atoms with Gasteiger partial charge in [0.15, 0.2) is 0 Å². The van der Waals surface area contributed by atoms with Gasteiger partial charge in [0.1, 0.15) is 0 Å². The van der Waals surface area contributed by atoms with Crippen LogP contribution < -0.4 is 24.8 Å². The number of halogens is 2. The first-order chi connectivity index (χ1) is 25.0. The minimum Gasteiger partial charge on any atom is -1.00 e. The normalized spacial score (nSPS) is 24.7. The van der Waals surface area contributed by atoms with E-state index in [1.165, 1.54) is 106 Å². The minimum absolute atomic E-state index is 0. The van der Waals surface area contributed by atoms with Crippen LogP contribution in [-0.4, -0.2) is 3.21 Å². The van der Waals surface area contributed by atoms with Crippen LogP contribution in [0.2, 0.25) is 0 Å². The van der Waals surface area contributed by atoms with E-state index in [0.29, 0.717) is 5.41 Å². The van der Waals surface area contributed by atoms with Crippen LogP contribution in [0.4, 0.5) is 0 Å². The van der Waals surface area contributed by atoms with Crippen LogP contribution in [0.25, 0.3) is 22.3 Å². The molecule has 4 bridgehead atoms. The number of benzene rings is 3. The van der Waals surface area contributed by atoms with Gasteiger partial charge in [-0.2, -0.15) is 28.3 Å². The van der Waals surface area contributed by atoms with Crippen molar-refractivity contribution in [3.05, 3.63) is 134 Å². The van der Waals surface area contributed by atoms with Gasteiger partial charge in [-0.05, 0) is 120 Å². The van der Waals surface area contributed by atoms with Gasteiger partial charge in [-0.25, -0.2) is 11.6 Å². The maximum absolute atomic E-state index is 3.65. The van der Waals surface area contributed by atoms with Crippen molar-refractivity contribution in [2.24, 2.45) is 23.2 Å². The van der Waals surface area contributed by atoms with Crippen LogP contribution in [0.3, 0.4) is 0 Å². The molecule has 0 radical (unpaired) electrons. The van der Waals surface area contributed by atoms with Crippen LogP contribution in [0.15, 0.2) is 66.7 Å². The van der Waals surface area contributed by atoms with Crippen LogP contribution in [-0.2, 0) is 47.9 Å². The second kappa shape index (κ2) is 15.5. The summed E-state index contributed by atoms with van der Waals surface area (Å²) in [6.45, 7) is 22.5. The zero-order valence-corrected chi connectivity index (χ0v) is 39.0. The fourth-order valence-electron chi connectivity index (χ4n) is 12.0. The Hall–Kier alpha value is -2.18. The summed E-state index contributed by atoms with van der Waals surface area (Å²) in [5.74, 6) is 3.27. The first-order valence-corrected chi connectivity index (χ1v) is 21.7. The van der Waals surface area contributed by atoms with Crippen molar-refractivity contribution in [1.29, 1.82) is 0 Å². The smallest absolute Gasteiger partial charge is 0.0363 e. The predicted molar refractivity (Wildman–Crippen MR) is 223 cm³/mol. The Kier molecular flexibility index (Phi) is 12.0. The molecule has 11 rings (SSSR count). The van der Waals surface area contributed by atoms with E-state index in [2.05, 4.69) is 142 Å². The number of rotatable bonds is 3. The Balaban J connectivity index is 0.000000151. The summed E-state index contributed by atoms with van der Waals surface area (Å²) in [5.41, 5.74) is 22.6. The summed E-state index contributed by atoms with van der Waals surface area (Å²) in [6.07, 6.45) is 17.9. The quantitative estimate of drug-likeness (QED) is 0.167. The molecular weight excluding hydrogens is 787 g/mol. The van der Waals surface area contributed by atoms with E-state index in [4.69, 9.17) is 0 Å². The predicted octanol–water partition coefficient (Wildman–Crippen LogP) is 7.32. The average Bonchev–Trinajstić information content (AvgIpc) is 3.72. The maximum Gasteiger partial charge on any atom is -0.0363 e. The molecule has 7 aliphatic carbocycles. The Morgan fingerprint density at radius 1 is 0.727 bits per heavy atom. The molecule has 0 aromatic heterocycles. The Morgan fingerprint density at radius 2 is 1.27 bits per heavy atom. The second-order valence-electron chi connectivity index (χ2n) is 19.5. The van der Waals surface area contributed by atoms with Crippen molar-refractivity contribution in [3.8, 4) is 11.1 Å². The molecule has 0 N–H and O–H groups in total. The van der Waals surface area contributed by atoms with Crippen molar-refractivity contribution in [3.63, 3.8) is 0 Å². The molecule has 0 atom stereocenters. The van der Waals surface area contributed by atoms with E-state index < -0.39 is 0 Å². The number of allylic oxidation sites excluding steroid dienone is 4. The molecule has 4 saturated carbocycles. The largest absolute Gasteiger partial charge is 1.00 e. The summed E-state index contributed by atoms with van der Waals surface area (Å²) in [4.78, 5) is 0. The van der Waals surface area contributed by atoms with E-state index in [-0.39, 0.29) is 35.6 Å². The van der Waals surface area contributed by atoms with Gasteiger partial charge in [0.05, 0.1) is 0 Å². The van der Waals surface area contributed by atoms with Crippen molar-refractivity contribution in [2.45, 2.75) is 131 Å². The summed E-state index contributed by atoms with van der Waals surface area (Å²) in [6, 6.07) is 23.3. The Labute approximate surface area is 360 Å². The van der Waals surface area contributed by atoms with Crippen LogP contribution in [0.5, 0.6) is 0 Å². The van der Waals surface area contributed by atoms with E-state index in [9.17, 15) is 0 Å². The van der Waals surface area contributed by atoms with Gasteiger partial charge < -0.3 is 24.8 Å². The van der Waals surface area contributed by atoms with Gasteiger partial charge in [0.2, 0.25) is 0 Å². The first kappa shape index (κ1) is 42.4. The minimum atomic E-state index is 0. The molecule has 0 aliphatic heterocycles. The Bertz CT molecular complexity index is 2060. The van der Waals surface area contributed by atoms with Gasteiger partial charge in [-0.15, -0.1) is 11.6 Å². The third kappa shape index (κ3) is 8.13. The molecule has 0 unspecified atom stereocenters. The average molecular weight is 847 g/mol. The number of aryl methyl sites for hydroxylation is 3. The zero-order valence-electron chi connectivity index (χ0n) is 35.0. The number of fused-ring (bicyclic) bond motifs is 5. The van der Waals surface area contributed by atoms with Gasteiger partial charge in [0, 0.05) is 5.41 Å². The molecule has 0 saturated heterocycles. The molecule has 7 aliphatic rings. The summed E-state index contributed by atoms with van der Waals surface area (Å²) >= 11 is 1.51. The molecule has 4 aromatic carbocycles. The van der Waals surface area contributed by atoms with Gasteiger partial charge in [-0.1, -0.05) is 78.5 Å². The molecule has 4 fully saturated rings. The first-order valence-electron chi connectivity index (χ1n) is 20.5. The van der Waals surface area contributed by atoms with Crippen LogP contribution >= 0.6 is 0 Å².